The van der Waals surface area contributed by atoms with Gasteiger partial charge >= 0.3 is 6.03 Å². The molecule has 1 aromatic carbocycles. The zero-order valence-corrected chi connectivity index (χ0v) is 11.9. The Morgan fingerprint density at radius 3 is 3.05 bits per heavy atom. The number of ether oxygens (including phenoxy) is 2. The van der Waals surface area contributed by atoms with Gasteiger partial charge in [0.2, 0.25) is 0 Å². The number of para-hydroxylation sites is 1. The zero-order valence-electron chi connectivity index (χ0n) is 11.9. The molecule has 0 aromatic heterocycles. The Balaban J connectivity index is 1.83. The van der Waals surface area contributed by atoms with Crippen molar-refractivity contribution in [2.24, 2.45) is 5.92 Å². The maximum atomic E-state index is 11.9. The molecule has 5 nitrogen and oxygen atoms in total. The van der Waals surface area contributed by atoms with Gasteiger partial charge in [-0.3, -0.25) is 0 Å². The predicted molar refractivity (Wildman–Crippen MR) is 77.7 cm³/mol. The fourth-order valence-electron chi connectivity index (χ4n) is 2.13. The lowest BCUT2D eigenvalue weighted by Crippen LogP contribution is -2.33. The summed E-state index contributed by atoms with van der Waals surface area (Å²) in [6, 6.07) is 7.49. The second kappa shape index (κ2) is 7.87. The Kier molecular flexibility index (Phi) is 5.83. The Bertz CT molecular complexity index is 431. The summed E-state index contributed by atoms with van der Waals surface area (Å²) in [7, 11) is 0. The summed E-state index contributed by atoms with van der Waals surface area (Å²) in [5.74, 6) is 0.430. The highest BCUT2D eigenvalue weighted by Crippen LogP contribution is 2.16. The summed E-state index contributed by atoms with van der Waals surface area (Å²) in [5, 5.41) is 5.76. The van der Waals surface area contributed by atoms with Crippen LogP contribution >= 0.6 is 0 Å². The van der Waals surface area contributed by atoms with Crippen LogP contribution in [0.15, 0.2) is 24.3 Å². The van der Waals surface area contributed by atoms with Crippen LogP contribution in [-0.4, -0.2) is 32.4 Å². The number of amides is 2. The molecule has 0 spiro atoms. The van der Waals surface area contributed by atoms with Crippen LogP contribution in [0, 0.1) is 5.92 Å². The zero-order chi connectivity index (χ0) is 14.2. The van der Waals surface area contributed by atoms with Crippen LogP contribution in [0.1, 0.15) is 18.9 Å². The lowest BCUT2D eigenvalue weighted by atomic mass is 10.1. The van der Waals surface area contributed by atoms with Crippen molar-refractivity contribution >= 4 is 11.7 Å². The molecule has 1 fully saturated rings. The molecule has 110 valence electrons. The molecule has 0 bridgehead atoms. The van der Waals surface area contributed by atoms with Crippen LogP contribution in [0.25, 0.3) is 0 Å². The minimum atomic E-state index is -0.180. The van der Waals surface area contributed by atoms with Crippen LogP contribution in [0.4, 0.5) is 10.5 Å². The summed E-state index contributed by atoms with van der Waals surface area (Å²) >= 11 is 0. The number of hydrogen-bond acceptors (Lipinski definition) is 3. The lowest BCUT2D eigenvalue weighted by molar-refractivity contribution is 0.134. The maximum absolute atomic E-state index is 11.9. The van der Waals surface area contributed by atoms with Gasteiger partial charge in [-0.05, 0) is 19.4 Å². The van der Waals surface area contributed by atoms with Crippen molar-refractivity contribution in [3.63, 3.8) is 0 Å². The molecule has 2 amide bonds. The fraction of sp³-hybridized carbons (Fsp3) is 0.533. The molecule has 0 saturated carbocycles. The largest absolute Gasteiger partial charge is 0.381 e. The number of rotatable bonds is 6. The van der Waals surface area contributed by atoms with Gasteiger partial charge in [0.05, 0.1) is 13.2 Å². The topological polar surface area (TPSA) is 59.6 Å². The van der Waals surface area contributed by atoms with Crippen LogP contribution in [-0.2, 0) is 16.1 Å². The molecule has 1 heterocycles. The van der Waals surface area contributed by atoms with E-state index in [1.807, 2.05) is 31.2 Å². The van der Waals surface area contributed by atoms with Gasteiger partial charge in [0.25, 0.3) is 0 Å². The summed E-state index contributed by atoms with van der Waals surface area (Å²) in [6.07, 6.45) is 1.02. The second-order valence-corrected chi connectivity index (χ2v) is 4.86. The van der Waals surface area contributed by atoms with Crippen molar-refractivity contribution in [1.29, 1.82) is 0 Å². The highest BCUT2D eigenvalue weighted by Gasteiger charge is 2.16. The Labute approximate surface area is 119 Å². The molecule has 1 saturated heterocycles. The number of urea groups is 1. The lowest BCUT2D eigenvalue weighted by Gasteiger charge is -2.13. The molecule has 5 heteroatoms. The number of anilines is 1. The Morgan fingerprint density at radius 2 is 2.30 bits per heavy atom. The predicted octanol–water partition coefficient (Wildman–Crippen LogP) is 2.38. The van der Waals surface area contributed by atoms with Gasteiger partial charge in [-0.1, -0.05) is 18.2 Å². The number of carbonyl (C=O) groups is 1. The van der Waals surface area contributed by atoms with Crippen molar-refractivity contribution < 1.29 is 14.3 Å². The van der Waals surface area contributed by atoms with E-state index in [-0.39, 0.29) is 6.03 Å². The number of benzene rings is 1. The van der Waals surface area contributed by atoms with E-state index in [4.69, 9.17) is 9.47 Å². The van der Waals surface area contributed by atoms with Crippen molar-refractivity contribution in [1.82, 2.24) is 5.32 Å². The molecule has 20 heavy (non-hydrogen) atoms. The molecule has 1 aromatic rings. The second-order valence-electron chi connectivity index (χ2n) is 4.86. The van der Waals surface area contributed by atoms with Crippen molar-refractivity contribution in [2.75, 3.05) is 31.7 Å². The van der Waals surface area contributed by atoms with Crippen molar-refractivity contribution in [3.05, 3.63) is 29.8 Å². The molecule has 1 atom stereocenters. The molecule has 0 radical (unpaired) electrons. The molecule has 1 aliphatic heterocycles. The highest BCUT2D eigenvalue weighted by molar-refractivity contribution is 5.90. The minimum Gasteiger partial charge on any atom is -0.381 e. The third-order valence-electron chi connectivity index (χ3n) is 3.30. The van der Waals surface area contributed by atoms with E-state index in [1.165, 1.54) is 0 Å². The van der Waals surface area contributed by atoms with Crippen LogP contribution in [0.3, 0.4) is 0 Å². The third kappa shape index (κ3) is 4.51. The van der Waals surface area contributed by atoms with Gasteiger partial charge in [0.15, 0.2) is 0 Å². The number of hydrogen-bond donors (Lipinski definition) is 2. The third-order valence-corrected chi connectivity index (χ3v) is 3.30. The van der Waals surface area contributed by atoms with Crippen molar-refractivity contribution in [3.8, 4) is 0 Å². The van der Waals surface area contributed by atoms with E-state index in [1.54, 1.807) is 0 Å². The van der Waals surface area contributed by atoms with Gasteiger partial charge in [-0.25, -0.2) is 4.79 Å². The molecule has 0 aliphatic carbocycles. The van der Waals surface area contributed by atoms with Crippen molar-refractivity contribution in [2.45, 2.75) is 20.0 Å². The maximum Gasteiger partial charge on any atom is 0.319 e. The summed E-state index contributed by atoms with van der Waals surface area (Å²) in [6.45, 7) is 5.30. The monoisotopic (exact) mass is 278 g/mol. The van der Waals surface area contributed by atoms with Gasteiger partial charge in [0, 0.05) is 36.9 Å². The molecular formula is C15H22N2O3. The van der Waals surface area contributed by atoms with Crippen LogP contribution in [0.2, 0.25) is 0 Å². The SMILES string of the molecule is CCOCc1ccccc1NC(=O)NC[C@H]1CCOC1. The highest BCUT2D eigenvalue weighted by atomic mass is 16.5. The first-order valence-electron chi connectivity index (χ1n) is 7.08. The van der Waals surface area contributed by atoms with E-state index in [0.29, 0.717) is 25.7 Å². The summed E-state index contributed by atoms with van der Waals surface area (Å²) in [5.41, 5.74) is 1.77. The van der Waals surface area contributed by atoms with Crippen LogP contribution < -0.4 is 10.6 Å². The molecular weight excluding hydrogens is 256 g/mol. The van der Waals surface area contributed by atoms with Gasteiger partial charge in [-0.2, -0.15) is 0 Å². The average Bonchev–Trinajstić information content (AvgIpc) is 2.97. The Morgan fingerprint density at radius 1 is 1.45 bits per heavy atom. The van der Waals surface area contributed by atoms with Gasteiger partial charge in [-0.15, -0.1) is 0 Å². The normalized spacial score (nSPS) is 17.9. The van der Waals surface area contributed by atoms with Crippen LogP contribution in [0.5, 0.6) is 0 Å². The minimum absolute atomic E-state index is 0.180. The smallest absolute Gasteiger partial charge is 0.319 e. The molecule has 2 N–H and O–H groups in total. The fourth-order valence-corrected chi connectivity index (χ4v) is 2.13. The number of carbonyl (C=O) groups excluding carboxylic acids is 1. The average molecular weight is 278 g/mol. The van der Waals surface area contributed by atoms with Gasteiger partial charge < -0.3 is 20.1 Å². The first kappa shape index (κ1) is 14.8. The van der Waals surface area contributed by atoms with E-state index in [0.717, 1.165) is 30.9 Å². The van der Waals surface area contributed by atoms with E-state index >= 15 is 0 Å². The van der Waals surface area contributed by atoms with E-state index in [2.05, 4.69) is 10.6 Å². The number of nitrogens with one attached hydrogen (secondary N) is 2. The molecule has 1 aliphatic rings. The quantitative estimate of drug-likeness (QED) is 0.840. The molecule has 2 rings (SSSR count). The van der Waals surface area contributed by atoms with E-state index < -0.39 is 0 Å². The standard InChI is InChI=1S/C15H22N2O3/c1-2-19-11-13-5-3-4-6-14(13)17-15(18)16-9-12-7-8-20-10-12/h3-6,12H,2,7-11H2,1H3,(H2,16,17,18)/t12-/m1/s1. The summed E-state index contributed by atoms with van der Waals surface area (Å²) < 4.78 is 10.7. The van der Waals surface area contributed by atoms with Gasteiger partial charge in [0.1, 0.15) is 0 Å². The van der Waals surface area contributed by atoms with E-state index in [9.17, 15) is 4.79 Å². The first-order chi connectivity index (χ1) is 9.79. The first-order valence-corrected chi connectivity index (χ1v) is 7.08. The molecule has 0 unspecified atom stereocenters. The Hall–Kier alpha value is -1.59. The summed E-state index contributed by atoms with van der Waals surface area (Å²) in [4.78, 5) is 11.9.